The lowest BCUT2D eigenvalue weighted by atomic mass is 10.1. The Bertz CT molecular complexity index is 446. The van der Waals surface area contributed by atoms with E-state index in [0.717, 1.165) is 6.07 Å². The van der Waals surface area contributed by atoms with Crippen LogP contribution in [0, 0.1) is 0 Å². The van der Waals surface area contributed by atoms with Gasteiger partial charge in [0.05, 0.1) is 6.61 Å². The summed E-state index contributed by atoms with van der Waals surface area (Å²) in [5.74, 6) is -1.85. The minimum atomic E-state index is -2.64. The van der Waals surface area contributed by atoms with Crippen LogP contribution < -0.4 is 0 Å². The second-order valence-corrected chi connectivity index (χ2v) is 3.94. The highest BCUT2D eigenvalue weighted by molar-refractivity contribution is 9.10. The van der Waals surface area contributed by atoms with Gasteiger partial charge in [-0.1, -0.05) is 28.1 Å². The molecule has 0 unspecified atom stereocenters. The van der Waals surface area contributed by atoms with Crippen molar-refractivity contribution in [3.63, 3.8) is 0 Å². The molecule has 0 N–H and O–H groups in total. The Kier molecular flexibility index (Phi) is 4.74. The van der Waals surface area contributed by atoms with Crippen LogP contribution in [0.5, 0.6) is 0 Å². The Morgan fingerprint density at radius 2 is 2.06 bits per heavy atom. The molecule has 0 amide bonds. The largest absolute Gasteiger partial charge is 0.460 e. The van der Waals surface area contributed by atoms with Crippen LogP contribution >= 0.6 is 15.9 Å². The van der Waals surface area contributed by atoms with E-state index in [1.807, 2.05) is 0 Å². The number of carbonyl (C=O) groups excluding carboxylic acids is 2. The summed E-state index contributed by atoms with van der Waals surface area (Å²) in [6, 6.07) is 3.45. The lowest BCUT2D eigenvalue weighted by Crippen LogP contribution is -2.17. The molecule has 0 saturated carbocycles. The number of benzene rings is 1. The van der Waals surface area contributed by atoms with Gasteiger partial charge in [0.1, 0.15) is 0 Å². The maximum atomic E-state index is 12.4. The predicted molar refractivity (Wildman–Crippen MR) is 60.1 cm³/mol. The first-order valence-corrected chi connectivity index (χ1v) is 5.55. The molecule has 92 valence electrons. The third kappa shape index (κ3) is 3.33. The molecular formula is C11H9BrF2O3. The summed E-state index contributed by atoms with van der Waals surface area (Å²) >= 11 is 2.92. The Labute approximate surface area is 105 Å². The Hall–Kier alpha value is -1.30. The molecule has 0 heterocycles. The molecule has 1 rings (SSSR count). The zero-order valence-corrected chi connectivity index (χ0v) is 10.5. The topological polar surface area (TPSA) is 43.4 Å². The van der Waals surface area contributed by atoms with Crippen molar-refractivity contribution in [3.05, 3.63) is 33.8 Å². The molecule has 6 heteroatoms. The summed E-state index contributed by atoms with van der Waals surface area (Å²) in [6.45, 7) is 1.65. The zero-order chi connectivity index (χ0) is 13.0. The van der Waals surface area contributed by atoms with Crippen LogP contribution in [-0.4, -0.2) is 18.4 Å². The van der Waals surface area contributed by atoms with Crippen molar-refractivity contribution in [2.24, 2.45) is 0 Å². The molecule has 0 radical (unpaired) electrons. The van der Waals surface area contributed by atoms with E-state index in [9.17, 15) is 18.4 Å². The maximum absolute atomic E-state index is 12.4. The first-order chi connectivity index (χ1) is 7.97. The van der Waals surface area contributed by atoms with Crippen LogP contribution in [0.25, 0.3) is 0 Å². The number of rotatable bonds is 4. The monoisotopic (exact) mass is 306 g/mol. The van der Waals surface area contributed by atoms with Gasteiger partial charge in [-0.15, -0.1) is 0 Å². The molecule has 0 saturated heterocycles. The van der Waals surface area contributed by atoms with Gasteiger partial charge in [0.15, 0.2) is 0 Å². The first kappa shape index (κ1) is 13.8. The zero-order valence-electron chi connectivity index (χ0n) is 8.88. The SMILES string of the molecule is CCOC(=O)C(=O)c1ccc(C(F)F)c(Br)c1. The first-order valence-electron chi connectivity index (χ1n) is 4.76. The van der Waals surface area contributed by atoms with Crippen molar-refractivity contribution in [1.29, 1.82) is 0 Å². The van der Waals surface area contributed by atoms with Crippen molar-refractivity contribution in [2.45, 2.75) is 13.3 Å². The van der Waals surface area contributed by atoms with Crippen LogP contribution in [0.3, 0.4) is 0 Å². The van der Waals surface area contributed by atoms with E-state index in [-0.39, 0.29) is 22.2 Å². The third-order valence-corrected chi connectivity index (χ3v) is 2.65. The van der Waals surface area contributed by atoms with Gasteiger partial charge in [-0.25, -0.2) is 13.6 Å². The predicted octanol–water partition coefficient (Wildman–Crippen LogP) is 3.13. The lowest BCUT2D eigenvalue weighted by molar-refractivity contribution is -0.137. The molecule has 0 aliphatic heterocycles. The van der Waals surface area contributed by atoms with Crippen LogP contribution in [0.15, 0.2) is 22.7 Å². The number of hydrogen-bond acceptors (Lipinski definition) is 3. The Morgan fingerprint density at radius 3 is 2.53 bits per heavy atom. The molecule has 0 fully saturated rings. The standard InChI is InChI=1S/C11H9BrF2O3/c1-2-17-11(16)9(15)6-3-4-7(10(13)14)8(12)5-6/h3-5,10H,2H2,1H3. The van der Waals surface area contributed by atoms with Crippen LogP contribution in [0.2, 0.25) is 0 Å². The highest BCUT2D eigenvalue weighted by Crippen LogP contribution is 2.28. The summed E-state index contributed by atoms with van der Waals surface area (Å²) in [4.78, 5) is 22.6. The van der Waals surface area contributed by atoms with Gasteiger partial charge in [-0.3, -0.25) is 4.79 Å². The van der Waals surface area contributed by atoms with Gasteiger partial charge in [0.2, 0.25) is 0 Å². The van der Waals surface area contributed by atoms with Gasteiger partial charge in [-0.05, 0) is 13.0 Å². The molecule has 0 aliphatic rings. The summed E-state index contributed by atoms with van der Waals surface area (Å²) in [7, 11) is 0. The molecule has 0 aliphatic carbocycles. The number of ether oxygens (including phenoxy) is 1. The van der Waals surface area contributed by atoms with Crippen molar-refractivity contribution in [3.8, 4) is 0 Å². The lowest BCUT2D eigenvalue weighted by Gasteiger charge is -2.05. The summed E-state index contributed by atoms with van der Waals surface area (Å²) < 4.78 is 29.5. The van der Waals surface area contributed by atoms with Crippen molar-refractivity contribution < 1.29 is 23.1 Å². The number of Topliss-reactive ketones (excluding diaryl/α,β-unsaturated/α-hetero) is 1. The Morgan fingerprint density at radius 1 is 1.41 bits per heavy atom. The van der Waals surface area contributed by atoms with Crippen LogP contribution in [0.1, 0.15) is 29.3 Å². The number of esters is 1. The van der Waals surface area contributed by atoms with Crippen molar-refractivity contribution in [2.75, 3.05) is 6.61 Å². The fourth-order valence-corrected chi connectivity index (χ4v) is 1.71. The molecule has 0 atom stereocenters. The van der Waals surface area contributed by atoms with E-state index in [2.05, 4.69) is 20.7 Å². The minimum Gasteiger partial charge on any atom is -0.460 e. The summed E-state index contributed by atoms with van der Waals surface area (Å²) in [6.07, 6.45) is -2.64. The average molecular weight is 307 g/mol. The fourth-order valence-electron chi connectivity index (χ4n) is 1.16. The minimum absolute atomic E-state index is 0.0136. The molecule has 0 bridgehead atoms. The smallest absolute Gasteiger partial charge is 0.379 e. The van der Waals surface area contributed by atoms with Gasteiger partial charge in [0, 0.05) is 15.6 Å². The van der Waals surface area contributed by atoms with E-state index in [4.69, 9.17) is 0 Å². The van der Waals surface area contributed by atoms with Gasteiger partial charge in [-0.2, -0.15) is 0 Å². The van der Waals surface area contributed by atoms with E-state index in [1.165, 1.54) is 12.1 Å². The van der Waals surface area contributed by atoms with Gasteiger partial charge in [0.25, 0.3) is 12.2 Å². The van der Waals surface area contributed by atoms with Crippen LogP contribution in [-0.2, 0) is 9.53 Å². The number of alkyl halides is 2. The third-order valence-electron chi connectivity index (χ3n) is 1.96. The highest BCUT2D eigenvalue weighted by atomic mass is 79.9. The normalized spacial score (nSPS) is 10.4. The number of ketones is 1. The summed E-state index contributed by atoms with van der Waals surface area (Å²) in [5, 5.41) is 0. The maximum Gasteiger partial charge on any atom is 0.379 e. The molecule has 3 nitrogen and oxygen atoms in total. The average Bonchev–Trinajstić information content (AvgIpc) is 2.27. The quantitative estimate of drug-likeness (QED) is 0.487. The van der Waals surface area contributed by atoms with E-state index < -0.39 is 18.2 Å². The van der Waals surface area contributed by atoms with E-state index in [0.29, 0.717) is 0 Å². The number of halogens is 3. The van der Waals surface area contributed by atoms with Gasteiger partial charge >= 0.3 is 5.97 Å². The van der Waals surface area contributed by atoms with Crippen molar-refractivity contribution >= 4 is 27.7 Å². The molecular weight excluding hydrogens is 298 g/mol. The van der Waals surface area contributed by atoms with E-state index >= 15 is 0 Å². The second-order valence-electron chi connectivity index (χ2n) is 3.09. The van der Waals surface area contributed by atoms with Gasteiger partial charge < -0.3 is 4.74 Å². The molecule has 1 aromatic rings. The fraction of sp³-hybridized carbons (Fsp3) is 0.273. The molecule has 0 spiro atoms. The molecule has 17 heavy (non-hydrogen) atoms. The molecule has 0 aromatic heterocycles. The second kappa shape index (κ2) is 5.86. The van der Waals surface area contributed by atoms with Crippen LogP contribution in [0.4, 0.5) is 8.78 Å². The number of hydrogen-bond donors (Lipinski definition) is 0. The van der Waals surface area contributed by atoms with Crippen molar-refractivity contribution in [1.82, 2.24) is 0 Å². The molecule has 1 aromatic carbocycles. The Balaban J connectivity index is 2.98. The number of carbonyl (C=O) groups is 2. The summed E-state index contributed by atoms with van der Waals surface area (Å²) in [5.41, 5.74) is -0.217. The van der Waals surface area contributed by atoms with E-state index in [1.54, 1.807) is 6.92 Å². The highest BCUT2D eigenvalue weighted by Gasteiger charge is 2.20.